The number of aromatic nitrogens is 1. The average Bonchev–Trinajstić information content (AvgIpc) is 3.42. The number of carbonyl (C=O) groups is 1. The van der Waals surface area contributed by atoms with E-state index in [0.29, 0.717) is 6.42 Å². The number of halogens is 1. The fourth-order valence-corrected chi connectivity index (χ4v) is 4.11. The molecule has 5 heteroatoms. The molecular formula is C24H20ClNO3. The Morgan fingerprint density at radius 1 is 1.03 bits per heavy atom. The number of fused-ring (bicyclic) bond motifs is 1. The third-order valence-electron chi connectivity index (χ3n) is 5.79. The highest BCUT2D eigenvalue weighted by Gasteiger charge is 2.50. The zero-order valence-electron chi connectivity index (χ0n) is 15.9. The van der Waals surface area contributed by atoms with Crippen molar-refractivity contribution in [2.75, 3.05) is 6.79 Å². The smallest absolute Gasteiger partial charge is 0.231 e. The Kier molecular flexibility index (Phi) is 4.51. The molecular weight excluding hydrogens is 386 g/mol. The maximum Gasteiger partial charge on any atom is 0.231 e. The number of nitrogens with zero attached hydrogens (tertiary/aromatic N) is 1. The van der Waals surface area contributed by atoms with E-state index in [1.807, 2.05) is 60.8 Å². The van der Waals surface area contributed by atoms with Gasteiger partial charge in [0.1, 0.15) is 5.78 Å². The Morgan fingerprint density at radius 2 is 1.86 bits per heavy atom. The van der Waals surface area contributed by atoms with Gasteiger partial charge in [-0.05, 0) is 53.8 Å². The monoisotopic (exact) mass is 405 g/mol. The van der Waals surface area contributed by atoms with Crippen molar-refractivity contribution < 1.29 is 14.3 Å². The predicted molar refractivity (Wildman–Crippen MR) is 111 cm³/mol. The van der Waals surface area contributed by atoms with E-state index in [9.17, 15) is 4.79 Å². The summed E-state index contributed by atoms with van der Waals surface area (Å²) in [5, 5.41) is 0.756. The lowest BCUT2D eigenvalue weighted by Gasteiger charge is -2.15. The van der Waals surface area contributed by atoms with Crippen LogP contribution in [-0.4, -0.2) is 17.6 Å². The second-order valence-corrected chi connectivity index (χ2v) is 8.08. The van der Waals surface area contributed by atoms with Gasteiger partial charge in [-0.15, -0.1) is 0 Å². The maximum atomic E-state index is 13.1. The normalized spacial score (nSPS) is 15.9. The van der Waals surface area contributed by atoms with Crippen LogP contribution in [0.5, 0.6) is 11.5 Å². The van der Waals surface area contributed by atoms with Gasteiger partial charge in [-0.1, -0.05) is 41.9 Å². The lowest BCUT2D eigenvalue weighted by molar-refractivity contribution is -0.120. The number of benzene rings is 2. The fourth-order valence-electron chi connectivity index (χ4n) is 3.91. The molecule has 2 aromatic carbocycles. The van der Waals surface area contributed by atoms with E-state index >= 15 is 0 Å². The van der Waals surface area contributed by atoms with Gasteiger partial charge in [0.2, 0.25) is 6.79 Å². The van der Waals surface area contributed by atoms with Gasteiger partial charge in [0.25, 0.3) is 0 Å². The lowest BCUT2D eigenvalue weighted by Crippen LogP contribution is -2.23. The van der Waals surface area contributed by atoms with Crippen molar-refractivity contribution in [2.24, 2.45) is 0 Å². The van der Waals surface area contributed by atoms with Crippen LogP contribution in [0.4, 0.5) is 0 Å². The Bertz CT molecular complexity index is 1070. The van der Waals surface area contributed by atoms with Crippen molar-refractivity contribution in [2.45, 2.75) is 31.1 Å². The number of ether oxygens (including phenoxy) is 2. The predicted octanol–water partition coefficient (Wildman–Crippen LogP) is 4.90. The Morgan fingerprint density at radius 3 is 2.62 bits per heavy atom. The summed E-state index contributed by atoms with van der Waals surface area (Å²) >= 11 is 6.24. The minimum Gasteiger partial charge on any atom is -0.454 e. The first-order chi connectivity index (χ1) is 14.1. The number of carbonyl (C=O) groups excluding carboxylic acids is 1. The van der Waals surface area contributed by atoms with Gasteiger partial charge in [0, 0.05) is 29.8 Å². The van der Waals surface area contributed by atoms with E-state index < -0.39 is 5.41 Å². The van der Waals surface area contributed by atoms with Gasteiger partial charge in [-0.2, -0.15) is 0 Å². The molecule has 29 heavy (non-hydrogen) atoms. The molecule has 0 saturated heterocycles. The number of ketones is 1. The first kappa shape index (κ1) is 18.2. The van der Waals surface area contributed by atoms with E-state index in [4.69, 9.17) is 21.1 Å². The van der Waals surface area contributed by atoms with Crippen LogP contribution in [0.15, 0.2) is 60.8 Å². The average molecular weight is 406 g/mol. The molecule has 4 nitrogen and oxygen atoms in total. The summed E-state index contributed by atoms with van der Waals surface area (Å²) in [7, 11) is 0. The summed E-state index contributed by atoms with van der Waals surface area (Å²) in [6, 6.07) is 17.6. The molecule has 1 aliphatic heterocycles. The minimum atomic E-state index is -0.404. The van der Waals surface area contributed by atoms with Gasteiger partial charge in [0.05, 0.1) is 5.41 Å². The van der Waals surface area contributed by atoms with Crippen molar-refractivity contribution in [1.29, 1.82) is 0 Å². The second kappa shape index (κ2) is 7.20. The molecule has 3 aromatic rings. The van der Waals surface area contributed by atoms with Crippen LogP contribution >= 0.6 is 11.6 Å². The molecule has 0 amide bonds. The number of pyridine rings is 1. The third-order valence-corrected chi connectivity index (χ3v) is 6.16. The second-order valence-electron chi connectivity index (χ2n) is 7.68. The van der Waals surface area contributed by atoms with Crippen LogP contribution in [0.1, 0.15) is 35.2 Å². The van der Waals surface area contributed by atoms with E-state index in [2.05, 4.69) is 4.98 Å². The van der Waals surface area contributed by atoms with E-state index in [0.717, 1.165) is 58.2 Å². The van der Waals surface area contributed by atoms with Gasteiger partial charge in [-0.3, -0.25) is 9.78 Å². The maximum absolute atomic E-state index is 13.1. The molecule has 2 heterocycles. The molecule has 0 N–H and O–H groups in total. The molecule has 0 unspecified atom stereocenters. The van der Waals surface area contributed by atoms with Crippen molar-refractivity contribution in [1.82, 2.24) is 4.98 Å². The molecule has 1 fully saturated rings. The molecule has 1 aliphatic carbocycles. The van der Waals surface area contributed by atoms with Crippen molar-refractivity contribution in [3.63, 3.8) is 0 Å². The highest BCUT2D eigenvalue weighted by atomic mass is 35.5. The van der Waals surface area contributed by atoms with Crippen LogP contribution in [-0.2, 0) is 23.1 Å². The SMILES string of the molecule is O=C(Cc1ccc(Cc2ccccc2Cl)cn1)C1(c2ccc3c(c2)OCO3)CC1. The van der Waals surface area contributed by atoms with Crippen LogP contribution < -0.4 is 9.47 Å². The molecule has 1 aromatic heterocycles. The van der Waals surface area contributed by atoms with Crippen LogP contribution in [0.2, 0.25) is 5.02 Å². The molecule has 0 radical (unpaired) electrons. The largest absolute Gasteiger partial charge is 0.454 e. The summed E-state index contributed by atoms with van der Waals surface area (Å²) in [5.41, 5.74) is 3.55. The van der Waals surface area contributed by atoms with Gasteiger partial charge < -0.3 is 9.47 Å². The molecule has 1 saturated carbocycles. The molecule has 0 spiro atoms. The van der Waals surface area contributed by atoms with E-state index in [1.165, 1.54) is 0 Å². The number of hydrogen-bond acceptors (Lipinski definition) is 4. The van der Waals surface area contributed by atoms with Crippen molar-refractivity contribution in [3.05, 3.63) is 88.2 Å². The van der Waals surface area contributed by atoms with Crippen molar-refractivity contribution in [3.8, 4) is 11.5 Å². The highest BCUT2D eigenvalue weighted by molar-refractivity contribution is 6.31. The summed E-state index contributed by atoms with van der Waals surface area (Å²) in [4.78, 5) is 17.6. The van der Waals surface area contributed by atoms with Crippen LogP contribution in [0.25, 0.3) is 0 Å². The number of rotatable bonds is 6. The molecule has 0 bridgehead atoms. The Balaban J connectivity index is 1.29. The summed E-state index contributed by atoms with van der Waals surface area (Å²) in [6.07, 6.45) is 4.64. The third kappa shape index (κ3) is 3.49. The highest BCUT2D eigenvalue weighted by Crippen LogP contribution is 2.51. The van der Waals surface area contributed by atoms with Crippen LogP contribution in [0, 0.1) is 0 Å². The minimum absolute atomic E-state index is 0.211. The fraction of sp³-hybridized carbons (Fsp3) is 0.250. The Labute approximate surface area is 174 Å². The van der Waals surface area contributed by atoms with Gasteiger partial charge in [0.15, 0.2) is 11.5 Å². The first-order valence-corrected chi connectivity index (χ1v) is 10.1. The number of hydrogen-bond donors (Lipinski definition) is 0. The summed E-state index contributed by atoms with van der Waals surface area (Å²) in [5.74, 6) is 1.68. The van der Waals surface area contributed by atoms with Crippen LogP contribution in [0.3, 0.4) is 0 Å². The lowest BCUT2D eigenvalue weighted by atomic mass is 9.88. The zero-order chi connectivity index (χ0) is 19.8. The quantitative estimate of drug-likeness (QED) is 0.585. The molecule has 2 aliphatic rings. The van der Waals surface area contributed by atoms with E-state index in [-0.39, 0.29) is 12.6 Å². The zero-order valence-corrected chi connectivity index (χ0v) is 16.6. The molecule has 5 rings (SSSR count). The first-order valence-electron chi connectivity index (χ1n) is 9.75. The van der Waals surface area contributed by atoms with Crippen molar-refractivity contribution >= 4 is 17.4 Å². The molecule has 0 atom stereocenters. The topological polar surface area (TPSA) is 48.4 Å². The number of Topliss-reactive ketones (excluding diaryl/α,β-unsaturated/α-hetero) is 1. The Hall–Kier alpha value is -2.85. The van der Waals surface area contributed by atoms with E-state index in [1.54, 1.807) is 0 Å². The summed E-state index contributed by atoms with van der Waals surface area (Å²) < 4.78 is 10.9. The van der Waals surface area contributed by atoms with Gasteiger partial charge >= 0.3 is 0 Å². The molecule has 146 valence electrons. The summed E-state index contributed by atoms with van der Waals surface area (Å²) in [6.45, 7) is 0.240. The van der Waals surface area contributed by atoms with Gasteiger partial charge in [-0.25, -0.2) is 0 Å². The standard InChI is InChI=1S/C24H20ClNO3/c25-20-4-2-1-3-17(20)11-16-5-7-19(26-14-16)13-23(27)24(9-10-24)18-6-8-21-22(12-18)29-15-28-21/h1-8,12,14H,9-11,13,15H2.